The van der Waals surface area contributed by atoms with Crippen LogP contribution < -0.4 is 4.90 Å². The number of pyridine rings is 1. The number of para-hydroxylation sites is 1. The van der Waals surface area contributed by atoms with Gasteiger partial charge in [-0.05, 0) is 30.5 Å². The van der Waals surface area contributed by atoms with Crippen LogP contribution in [-0.4, -0.2) is 18.1 Å². The highest BCUT2D eigenvalue weighted by Crippen LogP contribution is 2.28. The maximum absolute atomic E-state index is 8.84. The Hall–Kier alpha value is -2.08. The Labute approximate surface area is 100 Å². The lowest BCUT2D eigenvalue weighted by atomic mass is 10.0. The topological polar surface area (TPSA) is 39.9 Å². The molecular weight excluding hydrogens is 210 g/mol. The zero-order valence-corrected chi connectivity index (χ0v) is 9.56. The minimum atomic E-state index is 0.429. The lowest BCUT2D eigenvalue weighted by Crippen LogP contribution is -2.30. The van der Waals surface area contributed by atoms with E-state index in [-0.39, 0.29) is 0 Å². The predicted octanol–water partition coefficient (Wildman–Crippen LogP) is 2.51. The van der Waals surface area contributed by atoms with Gasteiger partial charge in [-0.25, -0.2) is 4.98 Å². The number of benzene rings is 1. The van der Waals surface area contributed by atoms with E-state index in [0.717, 1.165) is 30.7 Å². The number of aromatic nitrogens is 1. The quantitative estimate of drug-likeness (QED) is 0.697. The van der Waals surface area contributed by atoms with Crippen LogP contribution in [0.2, 0.25) is 0 Å². The van der Waals surface area contributed by atoms with Crippen molar-refractivity contribution in [2.75, 3.05) is 18.0 Å². The molecular formula is C14H13N3. The highest BCUT2D eigenvalue weighted by molar-refractivity contribution is 5.82. The second-order valence-corrected chi connectivity index (χ2v) is 4.35. The fourth-order valence-corrected chi connectivity index (χ4v) is 2.41. The molecule has 2 heterocycles. The first-order chi connectivity index (χ1) is 8.38. The summed E-state index contributed by atoms with van der Waals surface area (Å²) in [6.07, 6.45) is 2.17. The molecule has 0 amide bonds. The van der Waals surface area contributed by atoms with Gasteiger partial charge in [0.25, 0.3) is 0 Å². The monoisotopic (exact) mass is 223 g/mol. The van der Waals surface area contributed by atoms with Gasteiger partial charge in [0.2, 0.25) is 0 Å². The van der Waals surface area contributed by atoms with Gasteiger partial charge in [0.15, 0.2) is 0 Å². The van der Waals surface area contributed by atoms with Crippen molar-refractivity contribution in [3.8, 4) is 6.07 Å². The fraction of sp³-hybridized carbons (Fsp3) is 0.286. The van der Waals surface area contributed by atoms with Crippen molar-refractivity contribution in [2.45, 2.75) is 12.8 Å². The van der Waals surface area contributed by atoms with Crippen LogP contribution in [0.4, 0.5) is 5.82 Å². The number of hydrogen-bond acceptors (Lipinski definition) is 3. The van der Waals surface area contributed by atoms with E-state index in [4.69, 9.17) is 10.2 Å². The van der Waals surface area contributed by atoms with Gasteiger partial charge >= 0.3 is 0 Å². The smallest absolute Gasteiger partial charge is 0.133 e. The molecule has 3 rings (SSSR count). The molecule has 0 aliphatic carbocycles. The minimum Gasteiger partial charge on any atom is -0.343 e. The molecule has 0 atom stereocenters. The van der Waals surface area contributed by atoms with Crippen molar-refractivity contribution >= 4 is 16.7 Å². The Morgan fingerprint density at radius 2 is 2.24 bits per heavy atom. The molecule has 84 valence electrons. The van der Waals surface area contributed by atoms with Gasteiger partial charge in [-0.3, -0.25) is 0 Å². The minimum absolute atomic E-state index is 0.429. The van der Waals surface area contributed by atoms with Gasteiger partial charge in [-0.2, -0.15) is 5.26 Å². The summed E-state index contributed by atoms with van der Waals surface area (Å²) in [5.74, 6) is 0.997. The molecule has 3 heteroatoms. The molecule has 0 radical (unpaired) electrons. The third kappa shape index (κ3) is 1.72. The maximum Gasteiger partial charge on any atom is 0.133 e. The van der Waals surface area contributed by atoms with Gasteiger partial charge in [0.1, 0.15) is 12.4 Å². The maximum atomic E-state index is 8.84. The van der Waals surface area contributed by atoms with E-state index in [1.165, 1.54) is 10.9 Å². The van der Waals surface area contributed by atoms with Crippen molar-refractivity contribution in [2.24, 2.45) is 0 Å². The normalized spacial score (nSPS) is 14.4. The molecule has 3 nitrogen and oxygen atoms in total. The lowest BCUT2D eigenvalue weighted by molar-refractivity contribution is 0.714. The molecule has 0 fully saturated rings. The van der Waals surface area contributed by atoms with Gasteiger partial charge in [0, 0.05) is 11.9 Å². The van der Waals surface area contributed by atoms with E-state index in [1.807, 2.05) is 18.2 Å². The number of rotatable bonds is 1. The second-order valence-electron chi connectivity index (χ2n) is 4.35. The van der Waals surface area contributed by atoms with E-state index >= 15 is 0 Å². The molecule has 0 spiro atoms. The molecule has 0 saturated heterocycles. The van der Waals surface area contributed by atoms with E-state index in [0.29, 0.717) is 6.54 Å². The average molecular weight is 223 g/mol. The summed E-state index contributed by atoms with van der Waals surface area (Å²) in [5.41, 5.74) is 2.28. The molecule has 1 aliphatic heterocycles. The lowest BCUT2D eigenvalue weighted by Gasteiger charge is -2.28. The van der Waals surface area contributed by atoms with Crippen molar-refractivity contribution in [3.63, 3.8) is 0 Å². The van der Waals surface area contributed by atoms with Crippen LogP contribution in [0.5, 0.6) is 0 Å². The third-order valence-corrected chi connectivity index (χ3v) is 3.22. The number of fused-ring (bicyclic) bond motifs is 2. The largest absolute Gasteiger partial charge is 0.343 e. The summed E-state index contributed by atoms with van der Waals surface area (Å²) in [6.45, 7) is 1.37. The van der Waals surface area contributed by atoms with Crippen molar-refractivity contribution < 1.29 is 0 Å². The first kappa shape index (κ1) is 10.1. The molecule has 0 saturated carbocycles. The third-order valence-electron chi connectivity index (χ3n) is 3.22. The SMILES string of the molecule is N#CCN1CCCc2cc3ccccc3nc21. The van der Waals surface area contributed by atoms with E-state index < -0.39 is 0 Å². The first-order valence-electron chi connectivity index (χ1n) is 5.89. The van der Waals surface area contributed by atoms with Gasteiger partial charge in [-0.1, -0.05) is 18.2 Å². The van der Waals surface area contributed by atoms with Crippen LogP contribution in [0.1, 0.15) is 12.0 Å². The van der Waals surface area contributed by atoms with Crippen molar-refractivity contribution in [1.29, 1.82) is 5.26 Å². The fourth-order valence-electron chi connectivity index (χ4n) is 2.41. The van der Waals surface area contributed by atoms with Crippen molar-refractivity contribution in [3.05, 3.63) is 35.9 Å². The Morgan fingerprint density at radius 3 is 3.12 bits per heavy atom. The van der Waals surface area contributed by atoms with Crippen LogP contribution in [0.25, 0.3) is 10.9 Å². The van der Waals surface area contributed by atoms with E-state index in [9.17, 15) is 0 Å². The van der Waals surface area contributed by atoms with Crippen LogP contribution in [0.3, 0.4) is 0 Å². The van der Waals surface area contributed by atoms with Crippen molar-refractivity contribution in [1.82, 2.24) is 4.98 Å². The number of anilines is 1. The van der Waals surface area contributed by atoms with Gasteiger partial charge < -0.3 is 4.90 Å². The molecule has 1 aromatic carbocycles. The van der Waals surface area contributed by atoms with Gasteiger partial charge in [-0.15, -0.1) is 0 Å². The average Bonchev–Trinajstić information content (AvgIpc) is 2.37. The summed E-state index contributed by atoms with van der Waals surface area (Å²) in [5, 5.41) is 10.0. The molecule has 1 aromatic heterocycles. The zero-order chi connectivity index (χ0) is 11.7. The molecule has 0 unspecified atom stereocenters. The number of hydrogen-bond donors (Lipinski definition) is 0. The highest BCUT2D eigenvalue weighted by Gasteiger charge is 2.18. The van der Waals surface area contributed by atoms with E-state index in [2.05, 4.69) is 23.1 Å². The van der Waals surface area contributed by atoms with Crippen LogP contribution in [-0.2, 0) is 6.42 Å². The number of aryl methyl sites for hydroxylation is 1. The number of nitriles is 1. The summed E-state index contributed by atoms with van der Waals surface area (Å²) >= 11 is 0. The zero-order valence-electron chi connectivity index (χ0n) is 9.56. The van der Waals surface area contributed by atoms with Gasteiger partial charge in [0.05, 0.1) is 11.6 Å². The van der Waals surface area contributed by atoms with Crippen LogP contribution >= 0.6 is 0 Å². The van der Waals surface area contributed by atoms with E-state index in [1.54, 1.807) is 0 Å². The number of nitrogens with zero attached hydrogens (tertiary/aromatic N) is 3. The standard InChI is InChI=1S/C14H13N3/c15-7-9-17-8-3-5-12-10-11-4-1-2-6-13(11)16-14(12)17/h1-2,4,6,10H,3,5,8-9H2. The summed E-state index contributed by atoms with van der Waals surface area (Å²) in [6, 6.07) is 12.6. The highest BCUT2D eigenvalue weighted by atomic mass is 15.2. The predicted molar refractivity (Wildman–Crippen MR) is 67.9 cm³/mol. The molecule has 1 aliphatic rings. The van der Waals surface area contributed by atoms with Crippen LogP contribution in [0.15, 0.2) is 30.3 Å². The Morgan fingerprint density at radius 1 is 1.35 bits per heavy atom. The summed E-state index contributed by atoms with van der Waals surface area (Å²) in [7, 11) is 0. The Bertz CT molecular complexity index is 598. The molecule has 0 N–H and O–H groups in total. The molecule has 2 aromatic rings. The summed E-state index contributed by atoms with van der Waals surface area (Å²) in [4.78, 5) is 6.77. The first-order valence-corrected chi connectivity index (χ1v) is 5.89. The van der Waals surface area contributed by atoms with Crippen LogP contribution in [0, 0.1) is 11.3 Å². The second kappa shape index (κ2) is 4.06. The Kier molecular flexibility index (Phi) is 2.41. The molecule has 0 bridgehead atoms. The summed E-state index contributed by atoms with van der Waals surface area (Å²) < 4.78 is 0. The Balaban J connectivity index is 2.16. The molecule has 17 heavy (non-hydrogen) atoms.